The predicted molar refractivity (Wildman–Crippen MR) is 107 cm³/mol. The molecule has 144 valence electrons. The number of carbonyl (C=O) groups excluding carboxylic acids is 1. The standard InChI is InChI=1S/C22H27FN2OS/c1-2-15-6-8-19(9-7-15)25(20-10-11-20)21(26)13-18-14-27-22(24-18)16-4-3-5-17(23)12-16/h3-5,12,14-15,19-20H,2,6-11,13H2,1H3. The van der Waals surface area contributed by atoms with Crippen molar-refractivity contribution in [1.82, 2.24) is 9.88 Å². The number of benzene rings is 1. The van der Waals surface area contributed by atoms with Gasteiger partial charge in [0, 0.05) is 23.0 Å². The Morgan fingerprint density at radius 3 is 2.52 bits per heavy atom. The number of hydrogen-bond acceptors (Lipinski definition) is 3. The van der Waals surface area contributed by atoms with Crippen LogP contribution >= 0.6 is 11.3 Å². The summed E-state index contributed by atoms with van der Waals surface area (Å²) in [5.41, 5.74) is 1.58. The van der Waals surface area contributed by atoms with E-state index in [9.17, 15) is 9.18 Å². The van der Waals surface area contributed by atoms with E-state index < -0.39 is 0 Å². The zero-order valence-corrected chi connectivity index (χ0v) is 16.7. The molecule has 1 heterocycles. The lowest BCUT2D eigenvalue weighted by molar-refractivity contribution is -0.134. The quantitative estimate of drug-likeness (QED) is 0.661. The molecule has 2 aliphatic rings. The van der Waals surface area contributed by atoms with E-state index in [2.05, 4.69) is 16.8 Å². The lowest BCUT2D eigenvalue weighted by Crippen LogP contribution is -2.44. The summed E-state index contributed by atoms with van der Waals surface area (Å²) < 4.78 is 13.4. The van der Waals surface area contributed by atoms with Gasteiger partial charge in [-0.05, 0) is 56.6 Å². The van der Waals surface area contributed by atoms with Crippen LogP contribution < -0.4 is 0 Å². The third-order valence-electron chi connectivity index (χ3n) is 5.97. The van der Waals surface area contributed by atoms with Gasteiger partial charge in [0.15, 0.2) is 0 Å². The molecular formula is C22H27FN2OS. The van der Waals surface area contributed by atoms with Gasteiger partial charge >= 0.3 is 0 Å². The summed E-state index contributed by atoms with van der Waals surface area (Å²) in [4.78, 5) is 19.9. The molecule has 0 radical (unpaired) electrons. The number of rotatable bonds is 6. The fourth-order valence-corrected chi connectivity index (χ4v) is 5.09. The molecule has 0 saturated heterocycles. The molecule has 1 aromatic heterocycles. The minimum atomic E-state index is -0.261. The Morgan fingerprint density at radius 1 is 1.19 bits per heavy atom. The first-order chi connectivity index (χ1) is 13.1. The number of thiazole rings is 1. The van der Waals surface area contributed by atoms with Gasteiger partial charge in [-0.1, -0.05) is 25.5 Å². The second-order valence-corrected chi connectivity index (χ2v) is 8.80. The highest BCUT2D eigenvalue weighted by Gasteiger charge is 2.38. The maximum Gasteiger partial charge on any atom is 0.229 e. The van der Waals surface area contributed by atoms with E-state index in [1.807, 2.05) is 11.4 Å². The zero-order valence-electron chi connectivity index (χ0n) is 15.9. The van der Waals surface area contributed by atoms with Gasteiger partial charge in [0.05, 0.1) is 12.1 Å². The highest BCUT2D eigenvalue weighted by atomic mass is 32.1. The summed E-state index contributed by atoms with van der Waals surface area (Å²) in [5, 5.41) is 2.72. The van der Waals surface area contributed by atoms with Crippen LogP contribution in [0, 0.1) is 11.7 Å². The zero-order chi connectivity index (χ0) is 18.8. The Hall–Kier alpha value is -1.75. The van der Waals surface area contributed by atoms with E-state index in [0.717, 1.165) is 47.9 Å². The Balaban J connectivity index is 1.43. The molecule has 27 heavy (non-hydrogen) atoms. The fourth-order valence-electron chi connectivity index (χ4n) is 4.28. The molecule has 2 fully saturated rings. The number of amides is 1. The molecule has 5 heteroatoms. The SMILES string of the molecule is CCC1CCC(N(C(=O)Cc2csc(-c3cccc(F)c3)n2)C2CC2)CC1. The second-order valence-electron chi connectivity index (χ2n) is 7.95. The second kappa shape index (κ2) is 8.09. The van der Waals surface area contributed by atoms with E-state index in [1.165, 1.54) is 42.7 Å². The van der Waals surface area contributed by atoms with Crippen LogP contribution in [-0.2, 0) is 11.2 Å². The van der Waals surface area contributed by atoms with Crippen molar-refractivity contribution < 1.29 is 9.18 Å². The van der Waals surface area contributed by atoms with Crippen molar-refractivity contribution in [3.63, 3.8) is 0 Å². The molecule has 4 rings (SSSR count). The first-order valence-corrected chi connectivity index (χ1v) is 11.0. The highest BCUT2D eigenvalue weighted by Crippen LogP contribution is 2.36. The number of carbonyl (C=O) groups is 1. The average molecular weight is 387 g/mol. The minimum Gasteiger partial charge on any atom is -0.336 e. The summed E-state index contributed by atoms with van der Waals surface area (Å²) >= 11 is 1.48. The summed E-state index contributed by atoms with van der Waals surface area (Å²) in [5.74, 6) is 0.793. The predicted octanol–water partition coefficient (Wildman–Crippen LogP) is 5.45. The van der Waals surface area contributed by atoms with Crippen LogP contribution in [0.1, 0.15) is 57.6 Å². The summed E-state index contributed by atoms with van der Waals surface area (Å²) in [6.07, 6.45) is 8.69. The number of halogens is 1. The van der Waals surface area contributed by atoms with Crippen molar-refractivity contribution in [1.29, 1.82) is 0 Å². The Bertz CT molecular complexity index is 793. The van der Waals surface area contributed by atoms with Crippen LogP contribution in [0.15, 0.2) is 29.6 Å². The van der Waals surface area contributed by atoms with Gasteiger partial charge in [0.25, 0.3) is 0 Å². The van der Waals surface area contributed by atoms with E-state index in [0.29, 0.717) is 18.5 Å². The number of hydrogen-bond donors (Lipinski definition) is 0. The summed E-state index contributed by atoms with van der Waals surface area (Å²) in [7, 11) is 0. The van der Waals surface area contributed by atoms with Crippen LogP contribution in [0.2, 0.25) is 0 Å². The molecule has 2 saturated carbocycles. The molecule has 0 aliphatic heterocycles. The van der Waals surface area contributed by atoms with Crippen LogP contribution in [0.25, 0.3) is 10.6 Å². The fraction of sp³-hybridized carbons (Fsp3) is 0.545. The van der Waals surface area contributed by atoms with E-state index in [-0.39, 0.29) is 11.7 Å². The highest BCUT2D eigenvalue weighted by molar-refractivity contribution is 7.13. The Morgan fingerprint density at radius 2 is 1.89 bits per heavy atom. The normalized spacial score (nSPS) is 22.6. The molecule has 2 aliphatic carbocycles. The van der Waals surface area contributed by atoms with Crippen molar-refractivity contribution >= 4 is 17.2 Å². The lowest BCUT2D eigenvalue weighted by atomic mass is 9.83. The average Bonchev–Trinajstić information content (AvgIpc) is 3.39. The van der Waals surface area contributed by atoms with Gasteiger partial charge in [-0.25, -0.2) is 9.37 Å². The van der Waals surface area contributed by atoms with Crippen LogP contribution in [0.4, 0.5) is 4.39 Å². The minimum absolute atomic E-state index is 0.216. The smallest absolute Gasteiger partial charge is 0.229 e. The van der Waals surface area contributed by atoms with Crippen molar-refractivity contribution in [2.75, 3.05) is 0 Å². The van der Waals surface area contributed by atoms with Crippen LogP contribution in [-0.4, -0.2) is 27.9 Å². The van der Waals surface area contributed by atoms with E-state index >= 15 is 0 Å². The molecule has 0 bridgehead atoms. The molecule has 1 amide bonds. The molecule has 0 spiro atoms. The molecular weight excluding hydrogens is 359 g/mol. The first-order valence-electron chi connectivity index (χ1n) is 10.2. The maximum absolute atomic E-state index is 13.4. The lowest BCUT2D eigenvalue weighted by Gasteiger charge is -2.37. The Kier molecular flexibility index (Phi) is 5.58. The van der Waals surface area contributed by atoms with Crippen molar-refractivity contribution in [2.24, 2.45) is 5.92 Å². The molecule has 3 nitrogen and oxygen atoms in total. The summed E-state index contributed by atoms with van der Waals surface area (Å²) in [6.45, 7) is 2.27. The van der Waals surface area contributed by atoms with Crippen LogP contribution in [0.3, 0.4) is 0 Å². The number of nitrogens with zero attached hydrogens (tertiary/aromatic N) is 2. The molecule has 1 aromatic carbocycles. The van der Waals surface area contributed by atoms with Crippen molar-refractivity contribution in [2.45, 2.75) is 70.4 Å². The number of aromatic nitrogens is 1. The van der Waals surface area contributed by atoms with Crippen LogP contribution in [0.5, 0.6) is 0 Å². The van der Waals surface area contributed by atoms with Gasteiger partial charge in [0.2, 0.25) is 5.91 Å². The molecule has 0 unspecified atom stereocenters. The molecule has 0 atom stereocenters. The molecule has 2 aromatic rings. The van der Waals surface area contributed by atoms with Gasteiger partial charge in [-0.15, -0.1) is 11.3 Å². The monoisotopic (exact) mass is 386 g/mol. The third-order valence-corrected chi connectivity index (χ3v) is 6.91. The summed E-state index contributed by atoms with van der Waals surface area (Å²) in [6, 6.07) is 7.33. The first kappa shape index (κ1) is 18.6. The van der Waals surface area contributed by atoms with Crippen molar-refractivity contribution in [3.05, 3.63) is 41.2 Å². The van der Waals surface area contributed by atoms with Gasteiger partial charge in [-0.3, -0.25) is 4.79 Å². The third kappa shape index (κ3) is 4.40. The van der Waals surface area contributed by atoms with Gasteiger partial charge in [-0.2, -0.15) is 0 Å². The molecule has 0 N–H and O–H groups in total. The Labute approximate surface area is 164 Å². The van der Waals surface area contributed by atoms with Crippen molar-refractivity contribution in [3.8, 4) is 10.6 Å². The van der Waals surface area contributed by atoms with Gasteiger partial charge < -0.3 is 4.90 Å². The van der Waals surface area contributed by atoms with E-state index in [4.69, 9.17) is 0 Å². The largest absolute Gasteiger partial charge is 0.336 e. The van der Waals surface area contributed by atoms with E-state index in [1.54, 1.807) is 6.07 Å². The topological polar surface area (TPSA) is 33.2 Å². The van der Waals surface area contributed by atoms with Gasteiger partial charge in [0.1, 0.15) is 10.8 Å². The maximum atomic E-state index is 13.4.